The molecule has 0 fully saturated rings. The number of rotatable bonds is 5. The molecule has 4 nitrogen and oxygen atoms in total. The molecule has 0 heterocycles. The largest absolute Gasteiger partial charge is 0.396 e. The van der Waals surface area contributed by atoms with Gasteiger partial charge in [-0.1, -0.05) is 19.1 Å². The molecule has 17 heavy (non-hydrogen) atoms. The zero-order chi connectivity index (χ0) is 12.2. The summed E-state index contributed by atoms with van der Waals surface area (Å²) >= 11 is 0. The van der Waals surface area contributed by atoms with Gasteiger partial charge in [0.15, 0.2) is 9.84 Å². The van der Waals surface area contributed by atoms with E-state index >= 15 is 0 Å². The first kappa shape index (κ1) is 16.4. The number of hydrogen-bond acceptors (Lipinski definition) is 4. The smallest absolute Gasteiger partial charge is 0.178 e. The monoisotopic (exact) mass is 279 g/mol. The summed E-state index contributed by atoms with van der Waals surface area (Å²) in [7, 11) is -3.14. The van der Waals surface area contributed by atoms with Crippen LogP contribution in [0.3, 0.4) is 0 Å². The number of halogens is 1. The number of aliphatic hydroxyl groups excluding tert-OH is 1. The van der Waals surface area contributed by atoms with E-state index in [0.717, 1.165) is 5.56 Å². The van der Waals surface area contributed by atoms with Crippen molar-refractivity contribution < 1.29 is 13.5 Å². The highest BCUT2D eigenvalue weighted by Gasteiger charge is 2.12. The van der Waals surface area contributed by atoms with Crippen LogP contribution < -0.4 is 5.73 Å². The number of aliphatic hydroxyl groups is 1. The fourth-order valence-electron chi connectivity index (χ4n) is 1.39. The van der Waals surface area contributed by atoms with Crippen molar-refractivity contribution >= 4 is 22.2 Å². The Morgan fingerprint density at radius 1 is 1.29 bits per heavy atom. The first-order chi connectivity index (χ1) is 7.51. The van der Waals surface area contributed by atoms with Crippen molar-refractivity contribution in [3.05, 3.63) is 29.8 Å². The van der Waals surface area contributed by atoms with Crippen molar-refractivity contribution in [2.75, 3.05) is 12.4 Å². The van der Waals surface area contributed by atoms with Gasteiger partial charge in [0.2, 0.25) is 0 Å². The molecular formula is C11H18ClNO3S. The molecule has 0 saturated carbocycles. The minimum atomic E-state index is -3.14. The normalized spacial score (nSPS) is 12.9. The Kier molecular flexibility index (Phi) is 6.70. The second-order valence-corrected chi connectivity index (χ2v) is 5.87. The summed E-state index contributed by atoms with van der Waals surface area (Å²) in [5, 5.41) is 8.74. The van der Waals surface area contributed by atoms with E-state index in [1.807, 2.05) is 0 Å². The molecule has 0 aliphatic carbocycles. The highest BCUT2D eigenvalue weighted by Crippen LogP contribution is 2.17. The molecule has 0 aliphatic heterocycles. The second-order valence-electron chi connectivity index (χ2n) is 3.59. The van der Waals surface area contributed by atoms with Crippen molar-refractivity contribution in [3.8, 4) is 0 Å². The minimum Gasteiger partial charge on any atom is -0.396 e. The fraction of sp³-hybridized carbons (Fsp3) is 0.455. The lowest BCUT2D eigenvalue weighted by atomic mass is 10.1. The molecular weight excluding hydrogens is 262 g/mol. The standard InChI is InChI=1S/C11H17NO3S.ClH/c1-2-16(14,15)10-5-3-9(4-6-10)11(12)7-8-13;/h3-6,11,13H,2,7-8,12H2,1H3;1H. The van der Waals surface area contributed by atoms with Gasteiger partial charge in [0.25, 0.3) is 0 Å². The van der Waals surface area contributed by atoms with Gasteiger partial charge >= 0.3 is 0 Å². The van der Waals surface area contributed by atoms with E-state index in [1.165, 1.54) is 0 Å². The van der Waals surface area contributed by atoms with E-state index < -0.39 is 9.84 Å². The quantitative estimate of drug-likeness (QED) is 0.851. The maximum atomic E-state index is 11.5. The van der Waals surface area contributed by atoms with Crippen molar-refractivity contribution in [1.82, 2.24) is 0 Å². The van der Waals surface area contributed by atoms with E-state index in [4.69, 9.17) is 10.8 Å². The molecule has 0 bridgehead atoms. The van der Waals surface area contributed by atoms with E-state index in [9.17, 15) is 8.42 Å². The third-order valence-corrected chi connectivity index (χ3v) is 4.24. The lowest BCUT2D eigenvalue weighted by molar-refractivity contribution is 0.276. The van der Waals surface area contributed by atoms with Crippen LogP contribution in [0.1, 0.15) is 24.9 Å². The predicted octanol–water partition coefficient (Wildman–Crippen LogP) is 1.28. The Morgan fingerprint density at radius 2 is 1.82 bits per heavy atom. The zero-order valence-corrected chi connectivity index (χ0v) is 11.3. The molecule has 98 valence electrons. The molecule has 0 radical (unpaired) electrons. The van der Waals surface area contributed by atoms with E-state index in [2.05, 4.69) is 0 Å². The van der Waals surface area contributed by atoms with Gasteiger partial charge in [-0.25, -0.2) is 8.42 Å². The van der Waals surface area contributed by atoms with Crippen molar-refractivity contribution in [2.45, 2.75) is 24.3 Å². The van der Waals surface area contributed by atoms with Gasteiger partial charge in [0, 0.05) is 12.6 Å². The predicted molar refractivity (Wildman–Crippen MR) is 70.0 cm³/mol. The topological polar surface area (TPSA) is 80.4 Å². The average Bonchev–Trinajstić information content (AvgIpc) is 2.29. The molecule has 1 unspecified atom stereocenters. The second kappa shape index (κ2) is 6.96. The average molecular weight is 280 g/mol. The fourth-order valence-corrected chi connectivity index (χ4v) is 2.28. The van der Waals surface area contributed by atoms with Gasteiger partial charge in [-0.2, -0.15) is 0 Å². The number of hydrogen-bond donors (Lipinski definition) is 2. The Balaban J connectivity index is 0.00000256. The molecule has 0 saturated heterocycles. The minimum absolute atomic E-state index is 0. The summed E-state index contributed by atoms with van der Waals surface area (Å²) in [4.78, 5) is 0.315. The Labute approximate surface area is 108 Å². The van der Waals surface area contributed by atoms with Crippen LogP contribution in [0.2, 0.25) is 0 Å². The van der Waals surface area contributed by atoms with Crippen LogP contribution >= 0.6 is 12.4 Å². The summed E-state index contributed by atoms with van der Waals surface area (Å²) < 4.78 is 23.1. The van der Waals surface area contributed by atoms with Crippen LogP contribution in [0.5, 0.6) is 0 Å². The summed E-state index contributed by atoms with van der Waals surface area (Å²) in [6.07, 6.45) is 0.472. The molecule has 1 aromatic carbocycles. The third kappa shape index (κ3) is 4.27. The highest BCUT2D eigenvalue weighted by molar-refractivity contribution is 7.91. The maximum Gasteiger partial charge on any atom is 0.178 e. The highest BCUT2D eigenvalue weighted by atomic mass is 35.5. The van der Waals surface area contributed by atoms with Gasteiger partial charge in [0.1, 0.15) is 0 Å². The van der Waals surface area contributed by atoms with E-state index in [-0.39, 0.29) is 30.8 Å². The zero-order valence-electron chi connectivity index (χ0n) is 9.67. The van der Waals surface area contributed by atoms with Gasteiger partial charge in [0.05, 0.1) is 10.6 Å². The van der Waals surface area contributed by atoms with E-state index in [0.29, 0.717) is 11.3 Å². The Bertz CT molecular complexity index is 431. The summed E-state index contributed by atoms with van der Waals surface area (Å²) in [5.74, 6) is 0.0923. The van der Waals surface area contributed by atoms with Crippen LogP contribution in [0.25, 0.3) is 0 Å². The molecule has 1 aromatic rings. The van der Waals surface area contributed by atoms with Crippen molar-refractivity contribution in [1.29, 1.82) is 0 Å². The van der Waals surface area contributed by atoms with Gasteiger partial charge in [-0.3, -0.25) is 0 Å². The lowest BCUT2D eigenvalue weighted by Gasteiger charge is -2.10. The van der Waals surface area contributed by atoms with Crippen LogP contribution in [-0.4, -0.2) is 25.9 Å². The molecule has 3 N–H and O–H groups in total. The van der Waals surface area contributed by atoms with Gasteiger partial charge < -0.3 is 10.8 Å². The molecule has 0 amide bonds. The van der Waals surface area contributed by atoms with Crippen molar-refractivity contribution in [2.24, 2.45) is 5.73 Å². The summed E-state index contributed by atoms with van der Waals surface area (Å²) in [6, 6.07) is 6.27. The number of sulfone groups is 1. The molecule has 0 aliphatic rings. The number of benzene rings is 1. The lowest BCUT2D eigenvalue weighted by Crippen LogP contribution is -2.12. The third-order valence-electron chi connectivity index (χ3n) is 2.49. The first-order valence-corrected chi connectivity index (χ1v) is 6.85. The van der Waals surface area contributed by atoms with Crippen LogP contribution in [0, 0.1) is 0 Å². The van der Waals surface area contributed by atoms with E-state index in [1.54, 1.807) is 31.2 Å². The Morgan fingerprint density at radius 3 is 2.24 bits per heavy atom. The van der Waals surface area contributed by atoms with Gasteiger partial charge in [-0.15, -0.1) is 12.4 Å². The molecule has 0 aromatic heterocycles. The van der Waals surface area contributed by atoms with Crippen LogP contribution in [0.15, 0.2) is 29.2 Å². The number of nitrogens with two attached hydrogens (primary N) is 1. The molecule has 1 rings (SSSR count). The summed E-state index contributed by atoms with van der Waals surface area (Å²) in [5.41, 5.74) is 6.62. The van der Waals surface area contributed by atoms with Gasteiger partial charge in [-0.05, 0) is 24.1 Å². The SMILES string of the molecule is CCS(=O)(=O)c1ccc(C(N)CCO)cc1.Cl. The molecule has 1 atom stereocenters. The van der Waals surface area contributed by atoms with Crippen molar-refractivity contribution in [3.63, 3.8) is 0 Å². The van der Waals surface area contributed by atoms with Crippen LogP contribution in [-0.2, 0) is 9.84 Å². The van der Waals surface area contributed by atoms with Crippen LogP contribution in [0.4, 0.5) is 0 Å². The maximum absolute atomic E-state index is 11.5. The molecule has 0 spiro atoms. The first-order valence-electron chi connectivity index (χ1n) is 5.20. The summed E-state index contributed by atoms with van der Waals surface area (Å²) in [6.45, 7) is 1.64. The Hall–Kier alpha value is -0.620. The molecule has 6 heteroatoms.